The van der Waals surface area contributed by atoms with E-state index in [2.05, 4.69) is 0 Å². The molecule has 0 aliphatic heterocycles. The lowest BCUT2D eigenvalue weighted by atomic mass is 9.94. The molecule has 26 heavy (non-hydrogen) atoms. The van der Waals surface area contributed by atoms with Gasteiger partial charge >= 0.3 is 5.97 Å². The molecule has 6 heteroatoms. The van der Waals surface area contributed by atoms with Crippen LogP contribution in [0.1, 0.15) is 47.5 Å². The number of ether oxygens (including phenoxy) is 1. The number of carbonyl (C=O) groups excluding carboxylic acids is 2. The van der Waals surface area contributed by atoms with E-state index in [1.807, 2.05) is 36.0 Å². The molecule has 1 aliphatic rings. The number of amides is 1. The molecule has 5 nitrogen and oxygen atoms in total. The first-order chi connectivity index (χ1) is 12.6. The predicted octanol–water partition coefficient (Wildman–Crippen LogP) is 3.69. The first-order valence-electron chi connectivity index (χ1n) is 9.21. The highest BCUT2D eigenvalue weighted by Gasteiger charge is 2.30. The van der Waals surface area contributed by atoms with Crippen molar-refractivity contribution in [2.24, 2.45) is 5.92 Å². The number of methoxy groups -OCH3 is 1. The summed E-state index contributed by atoms with van der Waals surface area (Å²) in [5.41, 5.74) is 2.03. The van der Waals surface area contributed by atoms with Crippen molar-refractivity contribution < 1.29 is 14.3 Å². The Balaban J connectivity index is 1.97. The second kappa shape index (κ2) is 8.08. The van der Waals surface area contributed by atoms with Gasteiger partial charge in [-0.25, -0.2) is 0 Å². The Kier molecular flexibility index (Phi) is 5.81. The van der Waals surface area contributed by atoms with E-state index in [0.717, 1.165) is 29.8 Å². The third-order valence-electron chi connectivity index (χ3n) is 4.97. The average Bonchev–Trinajstić information content (AvgIpc) is 3.31. The average molecular weight is 375 g/mol. The van der Waals surface area contributed by atoms with E-state index in [1.165, 1.54) is 24.0 Å². The molecule has 1 aliphatic carbocycles. The zero-order chi connectivity index (χ0) is 18.7. The second-order valence-corrected chi connectivity index (χ2v) is 7.83. The minimum absolute atomic E-state index is 0.0198. The summed E-state index contributed by atoms with van der Waals surface area (Å²) in [5.74, 6) is -0.603. The van der Waals surface area contributed by atoms with Crippen molar-refractivity contribution in [1.29, 1.82) is 0 Å². The van der Waals surface area contributed by atoms with Gasteiger partial charge in [-0.3, -0.25) is 9.59 Å². The zero-order valence-electron chi connectivity index (χ0n) is 15.7. The molecule has 2 heterocycles. The number of rotatable bonds is 6. The fourth-order valence-corrected chi connectivity index (χ4v) is 4.89. The lowest BCUT2D eigenvalue weighted by Gasteiger charge is -2.25. The van der Waals surface area contributed by atoms with Crippen molar-refractivity contribution in [2.75, 3.05) is 20.2 Å². The minimum Gasteiger partial charge on any atom is -0.469 e. The van der Waals surface area contributed by atoms with Gasteiger partial charge in [0.25, 0.3) is 5.91 Å². The first kappa shape index (κ1) is 18.7. The Morgan fingerprint density at radius 2 is 1.96 bits per heavy atom. The van der Waals surface area contributed by atoms with Crippen LogP contribution in [0.25, 0.3) is 5.00 Å². The minimum atomic E-state index is -0.339. The summed E-state index contributed by atoms with van der Waals surface area (Å²) in [6, 6.07) is 3.95. The molecule has 1 unspecified atom stereocenters. The number of aryl methyl sites for hydroxylation is 1. The number of aromatic nitrogens is 1. The quantitative estimate of drug-likeness (QED) is 0.725. The maximum atomic E-state index is 13.4. The van der Waals surface area contributed by atoms with Gasteiger partial charge in [0.15, 0.2) is 0 Å². The molecule has 3 rings (SSSR count). The van der Waals surface area contributed by atoms with Gasteiger partial charge < -0.3 is 14.2 Å². The molecular formula is C20H26N2O3S. The number of fused-ring (bicyclic) bond motifs is 1. The maximum absolute atomic E-state index is 13.4. The third kappa shape index (κ3) is 3.56. The van der Waals surface area contributed by atoms with E-state index < -0.39 is 0 Å². The van der Waals surface area contributed by atoms with E-state index in [9.17, 15) is 9.59 Å². The molecule has 0 radical (unpaired) electrons. The van der Waals surface area contributed by atoms with Crippen molar-refractivity contribution >= 4 is 23.2 Å². The number of esters is 1. The molecule has 0 N–H and O–H groups in total. The Hall–Kier alpha value is -2.08. The van der Waals surface area contributed by atoms with Crippen molar-refractivity contribution in [3.8, 4) is 5.00 Å². The molecule has 0 bridgehead atoms. The van der Waals surface area contributed by atoms with Crippen molar-refractivity contribution in [1.82, 2.24) is 9.47 Å². The Bertz CT molecular complexity index is 779. The fraction of sp³-hybridized carbons (Fsp3) is 0.500. The van der Waals surface area contributed by atoms with Gasteiger partial charge in [0.05, 0.1) is 18.6 Å². The van der Waals surface area contributed by atoms with Crippen LogP contribution >= 0.6 is 11.3 Å². The van der Waals surface area contributed by atoms with E-state index >= 15 is 0 Å². The highest BCUT2D eigenvalue weighted by Crippen LogP contribution is 2.37. The second-order valence-electron chi connectivity index (χ2n) is 6.75. The molecule has 0 spiro atoms. The topological polar surface area (TPSA) is 51.5 Å². The molecule has 0 saturated heterocycles. The molecule has 0 saturated carbocycles. The lowest BCUT2D eigenvalue weighted by Crippen LogP contribution is -2.37. The van der Waals surface area contributed by atoms with Gasteiger partial charge in [0.1, 0.15) is 5.00 Å². The summed E-state index contributed by atoms with van der Waals surface area (Å²) in [6.45, 7) is 4.70. The molecular weight excluding hydrogens is 348 g/mol. The van der Waals surface area contributed by atoms with Gasteiger partial charge in [-0.05, 0) is 50.3 Å². The van der Waals surface area contributed by atoms with Crippen LogP contribution in [0.2, 0.25) is 0 Å². The molecule has 0 fully saturated rings. The lowest BCUT2D eigenvalue weighted by molar-refractivity contribution is -0.145. The largest absolute Gasteiger partial charge is 0.469 e. The maximum Gasteiger partial charge on any atom is 0.310 e. The molecule has 0 aromatic carbocycles. The van der Waals surface area contributed by atoms with Crippen molar-refractivity contribution in [3.63, 3.8) is 0 Å². The van der Waals surface area contributed by atoms with E-state index in [1.54, 1.807) is 23.2 Å². The molecule has 140 valence electrons. The van der Waals surface area contributed by atoms with Gasteiger partial charge in [0.2, 0.25) is 0 Å². The SMILES string of the molecule is CCN(CC(C)C(=O)OC)C(=O)c1c(-n2cccc2)sc2c1CCCC2. The van der Waals surface area contributed by atoms with E-state index in [4.69, 9.17) is 4.74 Å². The van der Waals surface area contributed by atoms with Crippen LogP contribution in [-0.4, -0.2) is 41.5 Å². The fourth-order valence-electron chi connectivity index (χ4n) is 3.54. The summed E-state index contributed by atoms with van der Waals surface area (Å²) < 4.78 is 6.86. The van der Waals surface area contributed by atoms with Crippen LogP contribution in [0, 0.1) is 5.92 Å². The normalized spacial score (nSPS) is 14.6. The number of hydrogen-bond acceptors (Lipinski definition) is 4. The summed E-state index contributed by atoms with van der Waals surface area (Å²) in [6.07, 6.45) is 8.29. The number of carbonyl (C=O) groups is 2. The summed E-state index contributed by atoms with van der Waals surface area (Å²) >= 11 is 1.73. The monoisotopic (exact) mass is 374 g/mol. The van der Waals surface area contributed by atoms with Crippen LogP contribution < -0.4 is 0 Å². The smallest absolute Gasteiger partial charge is 0.310 e. The van der Waals surface area contributed by atoms with E-state index in [-0.39, 0.29) is 17.8 Å². The van der Waals surface area contributed by atoms with Crippen LogP contribution in [0.4, 0.5) is 0 Å². The van der Waals surface area contributed by atoms with Crippen LogP contribution in [0.5, 0.6) is 0 Å². The van der Waals surface area contributed by atoms with E-state index in [0.29, 0.717) is 13.1 Å². The number of thiophene rings is 1. The van der Waals surface area contributed by atoms with Gasteiger partial charge in [-0.1, -0.05) is 6.92 Å². The summed E-state index contributed by atoms with van der Waals surface area (Å²) in [4.78, 5) is 28.3. The summed E-state index contributed by atoms with van der Waals surface area (Å²) in [7, 11) is 1.39. The van der Waals surface area contributed by atoms with Crippen LogP contribution in [-0.2, 0) is 22.4 Å². The third-order valence-corrected chi connectivity index (χ3v) is 6.28. The Labute approximate surface area is 158 Å². The highest BCUT2D eigenvalue weighted by atomic mass is 32.1. The van der Waals surface area contributed by atoms with Gasteiger partial charge in [-0.15, -0.1) is 11.3 Å². The molecule has 1 atom stereocenters. The first-order valence-corrected chi connectivity index (χ1v) is 10.0. The van der Waals surface area contributed by atoms with Gasteiger partial charge in [-0.2, -0.15) is 0 Å². The molecule has 2 aromatic heterocycles. The molecule has 2 aromatic rings. The van der Waals surface area contributed by atoms with Gasteiger partial charge in [0, 0.05) is 30.4 Å². The molecule has 1 amide bonds. The summed E-state index contributed by atoms with van der Waals surface area (Å²) in [5, 5.41) is 0.996. The van der Waals surface area contributed by atoms with Crippen LogP contribution in [0.15, 0.2) is 24.5 Å². The predicted molar refractivity (Wildman–Crippen MR) is 103 cm³/mol. The van der Waals surface area contributed by atoms with Crippen LogP contribution in [0.3, 0.4) is 0 Å². The standard InChI is InChI=1S/C20H26N2O3S/c1-4-21(13-14(2)20(24)25-3)18(23)17-15-9-5-6-10-16(15)26-19(17)22-11-7-8-12-22/h7-8,11-12,14H,4-6,9-10,13H2,1-3H3. The number of nitrogens with zero attached hydrogens (tertiary/aromatic N) is 2. The zero-order valence-corrected chi connectivity index (χ0v) is 16.5. The Morgan fingerprint density at radius 1 is 1.27 bits per heavy atom. The number of hydrogen-bond donors (Lipinski definition) is 0. The van der Waals surface area contributed by atoms with Crippen molar-refractivity contribution in [2.45, 2.75) is 39.5 Å². The highest BCUT2D eigenvalue weighted by molar-refractivity contribution is 7.15. The Morgan fingerprint density at radius 3 is 2.62 bits per heavy atom. The van der Waals surface area contributed by atoms with Crippen molar-refractivity contribution in [3.05, 3.63) is 40.5 Å².